The Morgan fingerprint density at radius 3 is 2.54 bits per heavy atom. The number of pyridine rings is 1. The molecule has 1 aliphatic heterocycles. The molecule has 1 aromatic rings. The molecular formula is C16H24N4O4. The molecule has 0 saturated carbocycles. The molecule has 0 N–H and O–H groups in total. The number of rotatable bonds is 2. The zero-order valence-electron chi connectivity index (χ0n) is 14.8. The summed E-state index contributed by atoms with van der Waals surface area (Å²) in [6.07, 6.45) is -0.317. The van der Waals surface area contributed by atoms with E-state index in [1.165, 1.54) is 6.07 Å². The van der Waals surface area contributed by atoms with Gasteiger partial charge in [0.2, 0.25) is 0 Å². The molecule has 0 aromatic carbocycles. The van der Waals surface area contributed by atoms with E-state index in [9.17, 15) is 14.9 Å². The van der Waals surface area contributed by atoms with Crippen molar-refractivity contribution in [1.29, 1.82) is 0 Å². The highest BCUT2D eigenvalue weighted by Gasteiger charge is 2.31. The zero-order chi connectivity index (χ0) is 18.1. The van der Waals surface area contributed by atoms with Crippen LogP contribution in [0.2, 0.25) is 0 Å². The third-order valence-corrected chi connectivity index (χ3v) is 3.82. The summed E-state index contributed by atoms with van der Waals surface area (Å²) in [4.78, 5) is 30.8. The van der Waals surface area contributed by atoms with Crippen LogP contribution >= 0.6 is 0 Å². The first kappa shape index (κ1) is 18.0. The van der Waals surface area contributed by atoms with Crippen LogP contribution in [0, 0.1) is 17.0 Å². The number of amides is 1. The second-order valence-electron chi connectivity index (χ2n) is 7.00. The van der Waals surface area contributed by atoms with E-state index in [1.807, 2.05) is 32.6 Å². The standard InChI is InChI=1S/C16H24N4O4/c1-11-10-18(8-9-19(11)15(21)24-16(3,4)5)14-7-6-13(20(22)23)12(2)17-14/h6-7,11H,8-10H2,1-5H3/t11-/m1/s1. The van der Waals surface area contributed by atoms with E-state index in [4.69, 9.17) is 4.74 Å². The van der Waals surface area contributed by atoms with Gasteiger partial charge in [0, 0.05) is 31.7 Å². The molecule has 1 aliphatic rings. The first-order valence-corrected chi connectivity index (χ1v) is 7.95. The molecule has 8 nitrogen and oxygen atoms in total. The third kappa shape index (κ3) is 4.12. The maximum absolute atomic E-state index is 12.2. The van der Waals surface area contributed by atoms with Gasteiger partial charge in [0.1, 0.15) is 17.1 Å². The Morgan fingerprint density at radius 1 is 1.38 bits per heavy atom. The van der Waals surface area contributed by atoms with Crippen molar-refractivity contribution in [3.63, 3.8) is 0 Å². The van der Waals surface area contributed by atoms with Gasteiger partial charge < -0.3 is 14.5 Å². The number of ether oxygens (including phenoxy) is 1. The van der Waals surface area contributed by atoms with Gasteiger partial charge in [-0.25, -0.2) is 9.78 Å². The Labute approximate surface area is 141 Å². The monoisotopic (exact) mass is 336 g/mol. The van der Waals surface area contributed by atoms with Crippen LogP contribution in [0.25, 0.3) is 0 Å². The normalized spacial score (nSPS) is 18.5. The molecule has 1 fully saturated rings. The highest BCUT2D eigenvalue weighted by molar-refractivity contribution is 5.69. The lowest BCUT2D eigenvalue weighted by atomic mass is 10.2. The number of carbonyl (C=O) groups excluding carboxylic acids is 1. The fourth-order valence-electron chi connectivity index (χ4n) is 2.67. The number of hydrogen-bond donors (Lipinski definition) is 0. The van der Waals surface area contributed by atoms with Crippen molar-refractivity contribution < 1.29 is 14.5 Å². The minimum absolute atomic E-state index is 0.0131. The Bertz CT molecular complexity index is 641. The average Bonchev–Trinajstić information content (AvgIpc) is 2.44. The first-order chi connectivity index (χ1) is 11.1. The van der Waals surface area contributed by atoms with Gasteiger partial charge in [0.25, 0.3) is 5.69 Å². The van der Waals surface area contributed by atoms with Crippen LogP contribution in [0.5, 0.6) is 0 Å². The van der Waals surface area contributed by atoms with E-state index in [2.05, 4.69) is 4.98 Å². The van der Waals surface area contributed by atoms with Crippen molar-refractivity contribution in [3.05, 3.63) is 27.9 Å². The lowest BCUT2D eigenvalue weighted by Crippen LogP contribution is -2.55. The van der Waals surface area contributed by atoms with E-state index in [1.54, 1.807) is 17.9 Å². The van der Waals surface area contributed by atoms with Gasteiger partial charge in [0.05, 0.1) is 4.92 Å². The number of aryl methyl sites for hydroxylation is 1. The topological polar surface area (TPSA) is 88.8 Å². The third-order valence-electron chi connectivity index (χ3n) is 3.82. The summed E-state index contributed by atoms with van der Waals surface area (Å²) in [5, 5.41) is 10.9. The number of nitrogens with zero attached hydrogens (tertiary/aromatic N) is 4. The van der Waals surface area contributed by atoms with E-state index < -0.39 is 10.5 Å². The van der Waals surface area contributed by atoms with Gasteiger partial charge in [-0.05, 0) is 40.7 Å². The summed E-state index contributed by atoms with van der Waals surface area (Å²) in [6.45, 7) is 10.8. The molecule has 0 radical (unpaired) electrons. The number of carbonyl (C=O) groups is 1. The fraction of sp³-hybridized carbons (Fsp3) is 0.625. The fourth-order valence-corrected chi connectivity index (χ4v) is 2.67. The molecule has 8 heteroatoms. The maximum atomic E-state index is 12.2. The summed E-state index contributed by atoms with van der Waals surface area (Å²) in [5.41, 5.74) is -0.121. The van der Waals surface area contributed by atoms with E-state index in [0.717, 1.165) is 0 Å². The van der Waals surface area contributed by atoms with Gasteiger partial charge >= 0.3 is 6.09 Å². The first-order valence-electron chi connectivity index (χ1n) is 7.95. The molecule has 0 bridgehead atoms. The molecule has 1 amide bonds. The Kier molecular flexibility index (Phi) is 4.96. The SMILES string of the molecule is Cc1nc(N2CCN(C(=O)OC(C)(C)C)[C@H](C)C2)ccc1[N+](=O)[O-]. The predicted molar refractivity (Wildman–Crippen MR) is 90.2 cm³/mol. The highest BCUT2D eigenvalue weighted by atomic mass is 16.6. The van der Waals surface area contributed by atoms with Gasteiger partial charge in [-0.2, -0.15) is 0 Å². The zero-order valence-corrected chi connectivity index (χ0v) is 14.8. The van der Waals surface area contributed by atoms with Crippen LogP contribution in [0.15, 0.2) is 12.1 Å². The van der Waals surface area contributed by atoms with Crippen LogP contribution in [-0.4, -0.2) is 52.2 Å². The van der Waals surface area contributed by atoms with Crippen molar-refractivity contribution in [1.82, 2.24) is 9.88 Å². The molecule has 2 heterocycles. The molecular weight excluding hydrogens is 312 g/mol. The maximum Gasteiger partial charge on any atom is 0.410 e. The van der Waals surface area contributed by atoms with Crippen LogP contribution in [0.4, 0.5) is 16.3 Å². The molecule has 0 unspecified atom stereocenters. The molecule has 1 saturated heterocycles. The van der Waals surface area contributed by atoms with Crippen LogP contribution in [0.1, 0.15) is 33.4 Å². The van der Waals surface area contributed by atoms with Crippen molar-refractivity contribution in [2.75, 3.05) is 24.5 Å². The molecule has 132 valence electrons. The Hall–Kier alpha value is -2.38. The minimum atomic E-state index is -0.523. The second kappa shape index (κ2) is 6.62. The van der Waals surface area contributed by atoms with Crippen molar-refractivity contribution in [3.8, 4) is 0 Å². The number of anilines is 1. The quantitative estimate of drug-likeness (QED) is 0.609. The highest BCUT2D eigenvalue weighted by Crippen LogP contribution is 2.23. The molecule has 1 atom stereocenters. The summed E-state index contributed by atoms with van der Waals surface area (Å²) in [6, 6.07) is 3.09. The van der Waals surface area contributed by atoms with Gasteiger partial charge in [-0.15, -0.1) is 0 Å². The summed E-state index contributed by atoms with van der Waals surface area (Å²) in [5.74, 6) is 0.689. The molecule has 0 aliphatic carbocycles. The van der Waals surface area contributed by atoms with Crippen molar-refractivity contribution >= 4 is 17.6 Å². The largest absolute Gasteiger partial charge is 0.444 e. The number of aromatic nitrogens is 1. The number of piperazine rings is 1. The van der Waals surface area contributed by atoms with Gasteiger partial charge in [-0.1, -0.05) is 0 Å². The van der Waals surface area contributed by atoms with E-state index in [-0.39, 0.29) is 17.8 Å². The van der Waals surface area contributed by atoms with Crippen molar-refractivity contribution in [2.24, 2.45) is 0 Å². The lowest BCUT2D eigenvalue weighted by Gasteiger charge is -2.40. The molecule has 2 rings (SSSR count). The number of hydrogen-bond acceptors (Lipinski definition) is 6. The van der Waals surface area contributed by atoms with E-state index in [0.29, 0.717) is 31.1 Å². The van der Waals surface area contributed by atoms with Crippen LogP contribution in [-0.2, 0) is 4.74 Å². The molecule has 24 heavy (non-hydrogen) atoms. The minimum Gasteiger partial charge on any atom is -0.444 e. The summed E-state index contributed by atoms with van der Waals surface area (Å²) >= 11 is 0. The lowest BCUT2D eigenvalue weighted by molar-refractivity contribution is -0.385. The van der Waals surface area contributed by atoms with Crippen LogP contribution in [0.3, 0.4) is 0 Å². The molecule has 0 spiro atoms. The van der Waals surface area contributed by atoms with Crippen molar-refractivity contribution in [2.45, 2.75) is 46.3 Å². The smallest absolute Gasteiger partial charge is 0.410 e. The van der Waals surface area contributed by atoms with Gasteiger partial charge in [-0.3, -0.25) is 10.1 Å². The molecule has 1 aromatic heterocycles. The summed E-state index contributed by atoms with van der Waals surface area (Å²) in [7, 11) is 0. The number of nitro groups is 1. The Balaban J connectivity index is 2.07. The van der Waals surface area contributed by atoms with Crippen LogP contribution < -0.4 is 4.90 Å². The Morgan fingerprint density at radius 2 is 2.04 bits per heavy atom. The second-order valence-corrected chi connectivity index (χ2v) is 7.00. The average molecular weight is 336 g/mol. The van der Waals surface area contributed by atoms with E-state index >= 15 is 0 Å². The summed E-state index contributed by atoms with van der Waals surface area (Å²) < 4.78 is 5.43. The predicted octanol–water partition coefficient (Wildman–Crippen LogP) is 2.74. The van der Waals surface area contributed by atoms with Gasteiger partial charge in [0.15, 0.2) is 0 Å².